The maximum atomic E-state index is 13.2. The lowest BCUT2D eigenvalue weighted by atomic mass is 10.1. The Bertz CT molecular complexity index is 1220. The molecule has 0 spiro atoms. The number of nitrogens with zero attached hydrogens (tertiary/aromatic N) is 1. The van der Waals surface area contributed by atoms with Crippen LogP contribution in [-0.2, 0) is 4.79 Å². The van der Waals surface area contributed by atoms with Gasteiger partial charge in [0.1, 0.15) is 5.75 Å². The molecule has 0 fully saturated rings. The van der Waals surface area contributed by atoms with Gasteiger partial charge in [0.25, 0.3) is 11.8 Å². The van der Waals surface area contributed by atoms with E-state index < -0.39 is 0 Å². The zero-order valence-electron chi connectivity index (χ0n) is 16.9. The molecule has 0 aliphatic rings. The molecular weight excluding hydrogens is 410 g/mol. The van der Waals surface area contributed by atoms with Gasteiger partial charge >= 0.3 is 0 Å². The minimum absolute atomic E-state index is 0.0790. The van der Waals surface area contributed by atoms with Crippen molar-refractivity contribution in [1.82, 2.24) is 10.3 Å². The number of carbonyl (C=O) groups is 2. The van der Waals surface area contributed by atoms with Crippen LogP contribution in [0, 0.1) is 0 Å². The molecule has 2 N–H and O–H groups in total. The van der Waals surface area contributed by atoms with Crippen LogP contribution in [0.5, 0.6) is 5.75 Å². The van der Waals surface area contributed by atoms with Gasteiger partial charge in [0, 0.05) is 23.7 Å². The Kier molecular flexibility index (Phi) is 6.24. The number of para-hydroxylation sites is 1. The van der Waals surface area contributed by atoms with Gasteiger partial charge in [-0.3, -0.25) is 9.59 Å². The Morgan fingerprint density at radius 3 is 2.71 bits per heavy atom. The highest BCUT2D eigenvalue weighted by molar-refractivity contribution is 7.13. The number of amides is 2. The third-order valence-corrected chi connectivity index (χ3v) is 5.46. The van der Waals surface area contributed by atoms with Crippen molar-refractivity contribution >= 4 is 39.7 Å². The fourth-order valence-electron chi connectivity index (χ4n) is 3.17. The van der Waals surface area contributed by atoms with E-state index in [9.17, 15) is 9.59 Å². The van der Waals surface area contributed by atoms with Crippen LogP contribution < -0.4 is 15.4 Å². The molecule has 0 saturated carbocycles. The molecule has 0 atom stereocenters. The molecule has 4 aromatic rings. The van der Waals surface area contributed by atoms with Crippen molar-refractivity contribution in [1.29, 1.82) is 0 Å². The van der Waals surface area contributed by atoms with Gasteiger partial charge in [-0.2, -0.15) is 0 Å². The van der Waals surface area contributed by atoms with Crippen molar-refractivity contribution in [2.24, 2.45) is 0 Å². The lowest BCUT2D eigenvalue weighted by Crippen LogP contribution is -2.28. The van der Waals surface area contributed by atoms with Gasteiger partial charge in [-0.15, -0.1) is 11.3 Å². The molecule has 0 saturated heterocycles. The second-order valence-electron chi connectivity index (χ2n) is 6.77. The first-order valence-electron chi connectivity index (χ1n) is 9.88. The van der Waals surface area contributed by atoms with Crippen molar-refractivity contribution in [3.05, 3.63) is 77.7 Å². The predicted octanol–water partition coefficient (Wildman–Crippen LogP) is 4.73. The number of anilines is 1. The average Bonchev–Trinajstić information content (AvgIpc) is 3.32. The zero-order valence-corrected chi connectivity index (χ0v) is 17.7. The second kappa shape index (κ2) is 9.40. The monoisotopic (exact) mass is 431 g/mol. The zero-order chi connectivity index (χ0) is 21.6. The number of hydrogen-bond acceptors (Lipinski definition) is 5. The smallest absolute Gasteiger partial charge is 0.257 e. The molecule has 0 bridgehead atoms. The molecule has 0 aliphatic heterocycles. The largest absolute Gasteiger partial charge is 0.484 e. The summed E-state index contributed by atoms with van der Waals surface area (Å²) < 4.78 is 5.51. The minimum Gasteiger partial charge on any atom is -0.484 e. The van der Waals surface area contributed by atoms with Crippen molar-refractivity contribution in [3.8, 4) is 16.3 Å². The van der Waals surface area contributed by atoms with Crippen LogP contribution in [0.15, 0.2) is 72.1 Å². The Balaban J connectivity index is 1.59. The number of ether oxygens (including phenoxy) is 1. The number of benzene rings is 2. The lowest BCUT2D eigenvalue weighted by molar-refractivity contribution is -0.122. The average molecular weight is 432 g/mol. The summed E-state index contributed by atoms with van der Waals surface area (Å²) in [4.78, 5) is 30.5. The van der Waals surface area contributed by atoms with E-state index in [2.05, 4.69) is 10.6 Å². The van der Waals surface area contributed by atoms with E-state index in [1.165, 1.54) is 0 Å². The van der Waals surface area contributed by atoms with E-state index in [0.717, 1.165) is 21.5 Å². The minimum atomic E-state index is -0.239. The topological polar surface area (TPSA) is 80.3 Å². The number of thiophene rings is 1. The van der Waals surface area contributed by atoms with Crippen molar-refractivity contribution in [2.75, 3.05) is 18.5 Å². The lowest BCUT2D eigenvalue weighted by Gasteiger charge is -2.11. The van der Waals surface area contributed by atoms with Crippen LogP contribution in [0.25, 0.3) is 21.5 Å². The number of pyridine rings is 1. The van der Waals surface area contributed by atoms with Gasteiger partial charge in [-0.05, 0) is 42.6 Å². The van der Waals surface area contributed by atoms with Gasteiger partial charge in [0.05, 0.1) is 21.7 Å². The van der Waals surface area contributed by atoms with E-state index >= 15 is 0 Å². The number of carbonyl (C=O) groups excluding carboxylic acids is 2. The molecule has 31 heavy (non-hydrogen) atoms. The van der Waals surface area contributed by atoms with Crippen molar-refractivity contribution < 1.29 is 14.3 Å². The molecule has 2 heterocycles. The van der Waals surface area contributed by atoms with Crippen LogP contribution in [0.1, 0.15) is 17.3 Å². The molecule has 2 aromatic carbocycles. The molecule has 2 aromatic heterocycles. The maximum Gasteiger partial charge on any atom is 0.257 e. The van der Waals surface area contributed by atoms with Crippen LogP contribution in [0.3, 0.4) is 0 Å². The standard InChI is InChI=1S/C24H21N3O3S/c1-2-25-23(28)15-30-17-8-5-7-16(13-17)26-24(29)19-14-21(22-11-6-12-31-22)27-20-10-4-3-9-18(19)20/h3-14H,2,15H2,1H3,(H,25,28)(H,26,29). The summed E-state index contributed by atoms with van der Waals surface area (Å²) >= 11 is 1.58. The number of nitrogens with one attached hydrogen (secondary N) is 2. The summed E-state index contributed by atoms with van der Waals surface area (Å²) in [6.07, 6.45) is 0. The molecule has 2 amide bonds. The van der Waals surface area contributed by atoms with Crippen molar-refractivity contribution in [3.63, 3.8) is 0 Å². The van der Waals surface area contributed by atoms with Crippen LogP contribution in [0.4, 0.5) is 5.69 Å². The summed E-state index contributed by atoms with van der Waals surface area (Å²) in [5.41, 5.74) is 2.65. The quantitative estimate of drug-likeness (QED) is 0.443. The Labute approximate surface area is 183 Å². The Hall–Kier alpha value is -3.71. The van der Waals surface area contributed by atoms with E-state index in [4.69, 9.17) is 9.72 Å². The van der Waals surface area contributed by atoms with Crippen molar-refractivity contribution in [2.45, 2.75) is 6.92 Å². The second-order valence-corrected chi connectivity index (χ2v) is 7.72. The fraction of sp³-hybridized carbons (Fsp3) is 0.125. The van der Waals surface area contributed by atoms with Crippen LogP contribution in [-0.4, -0.2) is 29.9 Å². The summed E-state index contributed by atoms with van der Waals surface area (Å²) in [6, 6.07) is 20.3. The van der Waals surface area contributed by atoms with Crippen LogP contribution >= 0.6 is 11.3 Å². The first kappa shape index (κ1) is 20.6. The molecule has 0 radical (unpaired) electrons. The van der Waals surface area contributed by atoms with Gasteiger partial charge in [0.2, 0.25) is 0 Å². The molecular formula is C24H21N3O3S. The van der Waals surface area contributed by atoms with Gasteiger partial charge < -0.3 is 15.4 Å². The van der Waals surface area contributed by atoms with Gasteiger partial charge in [0.15, 0.2) is 6.61 Å². The highest BCUT2D eigenvalue weighted by Crippen LogP contribution is 2.28. The number of rotatable bonds is 7. The van der Waals surface area contributed by atoms with Crippen LogP contribution in [0.2, 0.25) is 0 Å². The summed E-state index contributed by atoms with van der Waals surface area (Å²) in [6.45, 7) is 2.32. The third kappa shape index (κ3) is 4.90. The maximum absolute atomic E-state index is 13.2. The highest BCUT2D eigenvalue weighted by atomic mass is 32.1. The number of hydrogen-bond donors (Lipinski definition) is 2. The number of likely N-dealkylation sites (N-methyl/N-ethyl adjacent to an activating group) is 1. The summed E-state index contributed by atoms with van der Waals surface area (Å²) in [5.74, 6) is 0.0708. The summed E-state index contributed by atoms with van der Waals surface area (Å²) in [7, 11) is 0. The molecule has 156 valence electrons. The molecule has 4 rings (SSSR count). The summed E-state index contributed by atoms with van der Waals surface area (Å²) in [5, 5.41) is 8.38. The van der Waals surface area contributed by atoms with Gasteiger partial charge in [-0.1, -0.05) is 30.3 Å². The van der Waals surface area contributed by atoms with E-state index in [0.29, 0.717) is 23.5 Å². The number of aromatic nitrogens is 1. The van der Waals surface area contributed by atoms with E-state index in [1.807, 2.05) is 54.8 Å². The molecule has 0 unspecified atom stereocenters. The Morgan fingerprint density at radius 1 is 1.03 bits per heavy atom. The Morgan fingerprint density at radius 2 is 1.90 bits per heavy atom. The first-order chi connectivity index (χ1) is 15.1. The first-order valence-corrected chi connectivity index (χ1v) is 10.8. The highest BCUT2D eigenvalue weighted by Gasteiger charge is 2.15. The third-order valence-electron chi connectivity index (χ3n) is 4.57. The predicted molar refractivity (Wildman–Crippen MR) is 124 cm³/mol. The molecule has 6 nitrogen and oxygen atoms in total. The molecule has 0 aliphatic carbocycles. The normalized spacial score (nSPS) is 10.6. The van der Waals surface area contributed by atoms with Gasteiger partial charge in [-0.25, -0.2) is 4.98 Å². The van der Waals surface area contributed by atoms with E-state index in [-0.39, 0.29) is 18.4 Å². The number of fused-ring (bicyclic) bond motifs is 1. The SMILES string of the molecule is CCNC(=O)COc1cccc(NC(=O)c2cc(-c3cccs3)nc3ccccc23)c1. The van der Waals surface area contributed by atoms with E-state index in [1.54, 1.807) is 35.6 Å². The molecule has 7 heteroatoms. The fourth-order valence-corrected chi connectivity index (χ4v) is 3.86.